The Kier molecular flexibility index (Phi) is 3.77. The zero-order valence-corrected chi connectivity index (χ0v) is 9.61. The molecule has 1 rings (SSSR count). The molecule has 3 nitrogen and oxygen atoms in total. The largest absolute Gasteiger partial charge is 0.277 e. The number of amides is 1. The van der Waals surface area contributed by atoms with Crippen LogP contribution in [0.1, 0.15) is 31.1 Å². The number of hydrogen-bond donors (Lipinski definition) is 1. The molecule has 0 bridgehead atoms. The van der Waals surface area contributed by atoms with E-state index in [1.165, 1.54) is 0 Å². The minimum atomic E-state index is -1.69. The van der Waals surface area contributed by atoms with Crippen LogP contribution in [0.15, 0.2) is 12.1 Å². The second-order valence-corrected chi connectivity index (χ2v) is 4.37. The third-order valence-electron chi connectivity index (χ3n) is 1.73. The normalized spacial score (nSPS) is 11.4. The molecular weight excluding hydrogens is 235 g/mol. The van der Waals surface area contributed by atoms with Crippen molar-refractivity contribution in [3.63, 3.8) is 0 Å². The van der Waals surface area contributed by atoms with Crippen molar-refractivity contribution in [1.29, 1.82) is 0 Å². The average Bonchev–Trinajstić information content (AvgIpc) is 2.22. The summed E-state index contributed by atoms with van der Waals surface area (Å²) in [6, 6.07) is 1.51. The summed E-state index contributed by atoms with van der Waals surface area (Å²) in [5, 5.41) is 0. The van der Waals surface area contributed by atoms with Crippen molar-refractivity contribution in [2.24, 2.45) is 0 Å². The van der Waals surface area contributed by atoms with Crippen molar-refractivity contribution in [1.82, 2.24) is 5.48 Å². The number of benzene rings is 1. The van der Waals surface area contributed by atoms with Gasteiger partial charge >= 0.3 is 0 Å². The van der Waals surface area contributed by atoms with Gasteiger partial charge in [-0.3, -0.25) is 9.63 Å². The first-order valence-corrected chi connectivity index (χ1v) is 4.84. The van der Waals surface area contributed by atoms with Crippen molar-refractivity contribution >= 4 is 5.91 Å². The van der Waals surface area contributed by atoms with E-state index < -0.39 is 34.5 Å². The maximum absolute atomic E-state index is 13.2. The first kappa shape index (κ1) is 13.5. The highest BCUT2D eigenvalue weighted by Crippen LogP contribution is 2.15. The molecule has 0 aliphatic heterocycles. The number of rotatable bonds is 2. The number of hydroxylamine groups is 1. The highest BCUT2D eigenvalue weighted by molar-refractivity contribution is 5.93. The Hall–Kier alpha value is -1.56. The van der Waals surface area contributed by atoms with Crippen molar-refractivity contribution in [2.75, 3.05) is 0 Å². The topological polar surface area (TPSA) is 38.3 Å². The predicted octanol–water partition coefficient (Wildman–Crippen LogP) is 2.56. The summed E-state index contributed by atoms with van der Waals surface area (Å²) < 4.78 is 38.7. The molecule has 0 fully saturated rings. The quantitative estimate of drug-likeness (QED) is 0.644. The van der Waals surface area contributed by atoms with E-state index in [4.69, 9.17) is 4.84 Å². The van der Waals surface area contributed by atoms with Gasteiger partial charge in [-0.05, 0) is 32.9 Å². The number of hydrogen-bond acceptors (Lipinski definition) is 2. The summed E-state index contributed by atoms with van der Waals surface area (Å²) in [6.07, 6.45) is 0. The smallest absolute Gasteiger partial charge is 0.268 e. The van der Waals surface area contributed by atoms with Crippen LogP contribution in [-0.4, -0.2) is 11.5 Å². The van der Waals surface area contributed by atoms with Crippen LogP contribution < -0.4 is 5.48 Å². The molecule has 0 spiro atoms. The van der Waals surface area contributed by atoms with E-state index >= 15 is 0 Å². The molecule has 0 radical (unpaired) electrons. The van der Waals surface area contributed by atoms with Crippen molar-refractivity contribution < 1.29 is 22.8 Å². The molecule has 0 unspecified atom stereocenters. The molecule has 0 saturated carbocycles. The maximum Gasteiger partial charge on any atom is 0.277 e. The molecule has 0 aliphatic carbocycles. The Morgan fingerprint density at radius 1 is 1.18 bits per heavy atom. The standard InChI is InChI=1S/C11H12F3NO2/c1-11(2,3)17-15-10(16)6-4-5-7(12)9(14)8(6)13/h4-5H,1-3H3,(H,15,16). The van der Waals surface area contributed by atoms with Crippen LogP contribution in [0.4, 0.5) is 13.2 Å². The van der Waals surface area contributed by atoms with Gasteiger partial charge in [-0.15, -0.1) is 0 Å². The molecule has 1 aromatic carbocycles. The predicted molar refractivity (Wildman–Crippen MR) is 54.6 cm³/mol. The molecular formula is C11H12F3NO2. The summed E-state index contributed by atoms with van der Waals surface area (Å²) in [4.78, 5) is 16.3. The minimum Gasteiger partial charge on any atom is -0.268 e. The SMILES string of the molecule is CC(C)(C)ONC(=O)c1ccc(F)c(F)c1F. The number of nitrogens with one attached hydrogen (secondary N) is 1. The Labute approximate surface area is 96.5 Å². The molecule has 1 N–H and O–H groups in total. The van der Waals surface area contributed by atoms with Gasteiger partial charge in [-0.25, -0.2) is 18.7 Å². The van der Waals surface area contributed by atoms with E-state index in [1.807, 2.05) is 5.48 Å². The van der Waals surface area contributed by atoms with Gasteiger partial charge in [0.15, 0.2) is 17.5 Å². The maximum atomic E-state index is 13.2. The van der Waals surface area contributed by atoms with Gasteiger partial charge in [-0.1, -0.05) is 0 Å². The fourth-order valence-electron chi connectivity index (χ4n) is 0.956. The Morgan fingerprint density at radius 2 is 1.76 bits per heavy atom. The second-order valence-electron chi connectivity index (χ2n) is 4.37. The fraction of sp³-hybridized carbons (Fsp3) is 0.364. The van der Waals surface area contributed by atoms with E-state index in [-0.39, 0.29) is 0 Å². The Bertz CT molecular complexity index is 441. The fourth-order valence-corrected chi connectivity index (χ4v) is 0.956. The lowest BCUT2D eigenvalue weighted by Crippen LogP contribution is -2.34. The number of carbonyl (C=O) groups excluding carboxylic acids is 1. The Balaban J connectivity index is 2.87. The summed E-state index contributed by atoms with van der Waals surface area (Å²) in [7, 11) is 0. The summed E-state index contributed by atoms with van der Waals surface area (Å²) in [5.74, 6) is -5.56. The number of halogens is 3. The molecule has 1 aromatic rings. The van der Waals surface area contributed by atoms with Crippen LogP contribution in [0, 0.1) is 17.5 Å². The van der Waals surface area contributed by atoms with E-state index in [0.29, 0.717) is 6.07 Å². The summed E-state index contributed by atoms with van der Waals surface area (Å²) in [6.45, 7) is 4.98. The molecule has 94 valence electrons. The van der Waals surface area contributed by atoms with Gasteiger partial charge < -0.3 is 0 Å². The van der Waals surface area contributed by atoms with Gasteiger partial charge in [0.25, 0.3) is 5.91 Å². The molecule has 0 saturated heterocycles. The van der Waals surface area contributed by atoms with E-state index in [9.17, 15) is 18.0 Å². The van der Waals surface area contributed by atoms with Crippen LogP contribution in [0.2, 0.25) is 0 Å². The van der Waals surface area contributed by atoms with Gasteiger partial charge in [-0.2, -0.15) is 0 Å². The summed E-state index contributed by atoms with van der Waals surface area (Å²) in [5.41, 5.74) is 0.665. The van der Waals surface area contributed by atoms with Crippen LogP contribution in [0.25, 0.3) is 0 Å². The lowest BCUT2D eigenvalue weighted by Gasteiger charge is -2.19. The van der Waals surface area contributed by atoms with E-state index in [2.05, 4.69) is 0 Å². The average molecular weight is 247 g/mol. The minimum absolute atomic E-state index is 0.617. The first-order valence-electron chi connectivity index (χ1n) is 4.84. The molecule has 1 amide bonds. The lowest BCUT2D eigenvalue weighted by molar-refractivity contribution is -0.0591. The monoisotopic (exact) mass is 247 g/mol. The molecule has 0 aliphatic rings. The lowest BCUT2D eigenvalue weighted by atomic mass is 10.2. The molecule has 0 heterocycles. The van der Waals surface area contributed by atoms with E-state index in [0.717, 1.165) is 6.07 Å². The highest BCUT2D eigenvalue weighted by atomic mass is 19.2. The molecule has 0 atom stereocenters. The van der Waals surface area contributed by atoms with Crippen molar-refractivity contribution in [3.8, 4) is 0 Å². The summed E-state index contributed by atoms with van der Waals surface area (Å²) >= 11 is 0. The second kappa shape index (κ2) is 4.75. The van der Waals surface area contributed by atoms with Crippen molar-refractivity contribution in [3.05, 3.63) is 35.1 Å². The third kappa shape index (κ3) is 3.45. The highest BCUT2D eigenvalue weighted by Gasteiger charge is 2.20. The third-order valence-corrected chi connectivity index (χ3v) is 1.73. The molecule has 6 heteroatoms. The van der Waals surface area contributed by atoms with Crippen LogP contribution in [-0.2, 0) is 4.84 Å². The molecule has 0 aromatic heterocycles. The van der Waals surface area contributed by atoms with Gasteiger partial charge in [0.05, 0.1) is 11.2 Å². The van der Waals surface area contributed by atoms with Crippen molar-refractivity contribution in [2.45, 2.75) is 26.4 Å². The van der Waals surface area contributed by atoms with Crippen LogP contribution in [0.3, 0.4) is 0 Å². The van der Waals surface area contributed by atoms with Gasteiger partial charge in [0, 0.05) is 0 Å². The molecule has 17 heavy (non-hydrogen) atoms. The zero-order valence-electron chi connectivity index (χ0n) is 9.61. The zero-order chi connectivity index (χ0) is 13.2. The van der Waals surface area contributed by atoms with Crippen LogP contribution in [0.5, 0.6) is 0 Å². The van der Waals surface area contributed by atoms with Crippen LogP contribution >= 0.6 is 0 Å². The Morgan fingerprint density at radius 3 is 2.29 bits per heavy atom. The van der Waals surface area contributed by atoms with E-state index in [1.54, 1.807) is 20.8 Å². The first-order chi connectivity index (χ1) is 7.72. The van der Waals surface area contributed by atoms with Gasteiger partial charge in [0.1, 0.15) is 0 Å². The van der Waals surface area contributed by atoms with Gasteiger partial charge in [0.2, 0.25) is 0 Å². The number of carbonyl (C=O) groups is 1.